The van der Waals surface area contributed by atoms with Crippen molar-refractivity contribution in [3.05, 3.63) is 34.9 Å². The summed E-state index contributed by atoms with van der Waals surface area (Å²) in [5, 5.41) is 11.0. The zero-order valence-electron chi connectivity index (χ0n) is 13.0. The van der Waals surface area contributed by atoms with Crippen LogP contribution in [0.5, 0.6) is 0 Å². The first-order valence-corrected chi connectivity index (χ1v) is 8.13. The summed E-state index contributed by atoms with van der Waals surface area (Å²) in [7, 11) is 0. The van der Waals surface area contributed by atoms with Crippen LogP contribution in [0.3, 0.4) is 0 Å². The fourth-order valence-electron chi connectivity index (χ4n) is 2.31. The summed E-state index contributed by atoms with van der Waals surface area (Å²) in [5.74, 6) is 0. The van der Waals surface area contributed by atoms with Gasteiger partial charge in [-0.3, -0.25) is 0 Å². The minimum Gasteiger partial charge on any atom is -0.388 e. The van der Waals surface area contributed by atoms with Crippen molar-refractivity contribution in [2.24, 2.45) is 0 Å². The summed E-state index contributed by atoms with van der Waals surface area (Å²) in [5.41, 5.74) is 0.953. The fourth-order valence-corrected chi connectivity index (χ4v) is 2.44. The number of rotatable bonds is 9. The Kier molecular flexibility index (Phi) is 8.20. The van der Waals surface area contributed by atoms with Gasteiger partial charge in [0.2, 0.25) is 0 Å². The van der Waals surface area contributed by atoms with Crippen LogP contribution in [0.2, 0.25) is 5.02 Å². The molecule has 0 spiro atoms. The molecule has 0 aliphatic rings. The van der Waals surface area contributed by atoms with E-state index in [4.69, 9.17) is 11.6 Å². The molecule has 0 aliphatic carbocycles. The number of hydrogen-bond acceptors (Lipinski definition) is 2. The van der Waals surface area contributed by atoms with Gasteiger partial charge in [0.1, 0.15) is 0 Å². The molecule has 2 unspecified atom stereocenters. The van der Waals surface area contributed by atoms with E-state index in [0.717, 1.165) is 31.5 Å². The second-order valence-corrected chi connectivity index (χ2v) is 5.94. The molecule has 0 saturated carbocycles. The number of aliphatic hydroxyl groups is 1. The molecule has 0 aliphatic heterocycles. The number of nitrogens with zero attached hydrogens (tertiary/aromatic N) is 1. The molecule has 0 amide bonds. The molecule has 20 heavy (non-hydrogen) atoms. The van der Waals surface area contributed by atoms with Crippen molar-refractivity contribution in [2.75, 3.05) is 13.1 Å². The minimum absolute atomic E-state index is 0.402. The summed E-state index contributed by atoms with van der Waals surface area (Å²) in [4.78, 5) is 2.49. The molecule has 1 rings (SSSR count). The molecule has 1 aromatic rings. The number of halogens is 1. The average molecular weight is 298 g/mol. The Balaban J connectivity index is 2.50. The maximum Gasteiger partial charge on any atom is 0.0802 e. The van der Waals surface area contributed by atoms with Crippen molar-refractivity contribution in [2.45, 2.75) is 58.6 Å². The largest absolute Gasteiger partial charge is 0.388 e. The van der Waals surface area contributed by atoms with Gasteiger partial charge in [-0.15, -0.1) is 0 Å². The topological polar surface area (TPSA) is 23.5 Å². The predicted octanol–water partition coefficient (Wildman–Crippen LogP) is 4.66. The first-order valence-electron chi connectivity index (χ1n) is 7.76. The highest BCUT2D eigenvalue weighted by atomic mass is 35.5. The van der Waals surface area contributed by atoms with Gasteiger partial charge in [0, 0.05) is 17.6 Å². The van der Waals surface area contributed by atoms with Crippen LogP contribution in [0.15, 0.2) is 24.3 Å². The van der Waals surface area contributed by atoms with Gasteiger partial charge < -0.3 is 10.0 Å². The van der Waals surface area contributed by atoms with Crippen LogP contribution in [-0.2, 0) is 0 Å². The zero-order chi connectivity index (χ0) is 15.0. The van der Waals surface area contributed by atoms with Crippen molar-refractivity contribution < 1.29 is 5.11 Å². The van der Waals surface area contributed by atoms with Gasteiger partial charge in [-0.1, -0.05) is 44.0 Å². The Morgan fingerprint density at radius 1 is 1.15 bits per heavy atom. The van der Waals surface area contributed by atoms with Crippen molar-refractivity contribution in [1.82, 2.24) is 4.90 Å². The van der Waals surface area contributed by atoms with Crippen LogP contribution >= 0.6 is 11.6 Å². The van der Waals surface area contributed by atoms with E-state index in [-0.39, 0.29) is 0 Å². The smallest absolute Gasteiger partial charge is 0.0802 e. The highest BCUT2D eigenvalue weighted by Gasteiger charge is 2.14. The van der Waals surface area contributed by atoms with Gasteiger partial charge in [0.25, 0.3) is 0 Å². The van der Waals surface area contributed by atoms with Crippen LogP contribution in [0.4, 0.5) is 0 Å². The van der Waals surface area contributed by atoms with Crippen molar-refractivity contribution in [3.8, 4) is 0 Å². The molecule has 3 heteroatoms. The maximum atomic E-state index is 10.3. The fraction of sp³-hybridized carbons (Fsp3) is 0.647. The molecule has 0 heterocycles. The lowest BCUT2D eigenvalue weighted by Gasteiger charge is -2.29. The van der Waals surface area contributed by atoms with E-state index in [1.54, 1.807) is 0 Å². The zero-order valence-corrected chi connectivity index (χ0v) is 13.7. The summed E-state index contributed by atoms with van der Waals surface area (Å²) in [6.07, 6.45) is 3.96. The van der Waals surface area contributed by atoms with Gasteiger partial charge in [0.15, 0.2) is 0 Å². The number of unbranched alkanes of at least 4 members (excludes halogenated alkanes) is 1. The van der Waals surface area contributed by atoms with Crippen LogP contribution in [0.1, 0.15) is 58.1 Å². The van der Waals surface area contributed by atoms with Crippen molar-refractivity contribution >= 4 is 11.6 Å². The highest BCUT2D eigenvalue weighted by Crippen LogP contribution is 2.20. The molecule has 2 nitrogen and oxygen atoms in total. The molecule has 0 fully saturated rings. The van der Waals surface area contributed by atoms with E-state index in [1.807, 2.05) is 24.3 Å². The maximum absolute atomic E-state index is 10.3. The monoisotopic (exact) mass is 297 g/mol. The van der Waals surface area contributed by atoms with Crippen LogP contribution in [0, 0.1) is 0 Å². The predicted molar refractivity (Wildman–Crippen MR) is 87.3 cm³/mol. The Labute approximate surface area is 128 Å². The van der Waals surface area contributed by atoms with E-state index >= 15 is 0 Å². The second kappa shape index (κ2) is 9.38. The van der Waals surface area contributed by atoms with E-state index in [1.165, 1.54) is 12.8 Å². The number of benzene rings is 1. The van der Waals surface area contributed by atoms with E-state index in [2.05, 4.69) is 25.7 Å². The second-order valence-electron chi connectivity index (χ2n) is 5.50. The number of hydrogen-bond donors (Lipinski definition) is 1. The molecule has 0 bridgehead atoms. The molecule has 2 atom stereocenters. The van der Waals surface area contributed by atoms with Gasteiger partial charge >= 0.3 is 0 Å². The Morgan fingerprint density at radius 2 is 1.80 bits per heavy atom. The van der Waals surface area contributed by atoms with Crippen LogP contribution in [0.25, 0.3) is 0 Å². The lowest BCUT2D eigenvalue weighted by molar-refractivity contribution is 0.124. The van der Waals surface area contributed by atoms with Gasteiger partial charge in [0.05, 0.1) is 6.10 Å². The first kappa shape index (κ1) is 17.5. The van der Waals surface area contributed by atoms with Gasteiger partial charge in [-0.05, 0) is 50.4 Å². The third-order valence-electron chi connectivity index (χ3n) is 3.96. The summed E-state index contributed by atoms with van der Waals surface area (Å²) in [6, 6.07) is 8.07. The quantitative estimate of drug-likeness (QED) is 0.716. The summed E-state index contributed by atoms with van der Waals surface area (Å²) in [6.45, 7) is 8.78. The number of aliphatic hydroxyl groups excluding tert-OH is 1. The molecule has 0 saturated heterocycles. The first-order chi connectivity index (χ1) is 9.58. The standard InChI is InChI=1S/C17H28ClNO/c1-4-6-12-19(14(3)5-2)13-11-17(20)15-7-9-16(18)10-8-15/h7-10,14,17,20H,4-6,11-13H2,1-3H3. The summed E-state index contributed by atoms with van der Waals surface area (Å²) < 4.78 is 0. The molecular weight excluding hydrogens is 270 g/mol. The highest BCUT2D eigenvalue weighted by molar-refractivity contribution is 6.30. The van der Waals surface area contributed by atoms with Crippen LogP contribution in [-0.4, -0.2) is 29.1 Å². The molecule has 0 aromatic heterocycles. The van der Waals surface area contributed by atoms with E-state index in [0.29, 0.717) is 11.1 Å². The third-order valence-corrected chi connectivity index (χ3v) is 4.21. The Hall–Kier alpha value is -0.570. The average Bonchev–Trinajstić information content (AvgIpc) is 2.47. The Bertz CT molecular complexity index is 366. The van der Waals surface area contributed by atoms with E-state index < -0.39 is 6.10 Å². The van der Waals surface area contributed by atoms with Crippen molar-refractivity contribution in [3.63, 3.8) is 0 Å². The van der Waals surface area contributed by atoms with Gasteiger partial charge in [-0.2, -0.15) is 0 Å². The lowest BCUT2D eigenvalue weighted by Crippen LogP contribution is -2.35. The van der Waals surface area contributed by atoms with Crippen LogP contribution < -0.4 is 0 Å². The molecule has 1 aromatic carbocycles. The van der Waals surface area contributed by atoms with Gasteiger partial charge in [-0.25, -0.2) is 0 Å². The SMILES string of the molecule is CCCCN(CCC(O)c1ccc(Cl)cc1)C(C)CC. The molecule has 114 valence electrons. The molecular formula is C17H28ClNO. The van der Waals surface area contributed by atoms with Crippen molar-refractivity contribution in [1.29, 1.82) is 0 Å². The Morgan fingerprint density at radius 3 is 2.35 bits per heavy atom. The minimum atomic E-state index is -0.402. The summed E-state index contributed by atoms with van der Waals surface area (Å²) >= 11 is 5.87. The lowest BCUT2D eigenvalue weighted by atomic mass is 10.1. The molecule has 0 radical (unpaired) electrons. The third kappa shape index (κ3) is 5.82. The van der Waals surface area contributed by atoms with E-state index in [9.17, 15) is 5.11 Å². The normalized spacial score (nSPS) is 14.5. The molecule has 1 N–H and O–H groups in total.